The Morgan fingerprint density at radius 2 is 1.55 bits per heavy atom. The van der Waals surface area contributed by atoms with E-state index in [0.29, 0.717) is 16.5 Å². The third-order valence-electron chi connectivity index (χ3n) is 5.16. The number of hydrogen-bond donors (Lipinski definition) is 0. The summed E-state index contributed by atoms with van der Waals surface area (Å²) in [5.74, 6) is -0.595. The van der Waals surface area contributed by atoms with E-state index in [0.717, 1.165) is 16.1 Å². The van der Waals surface area contributed by atoms with Crippen LogP contribution >= 0.6 is 11.3 Å². The van der Waals surface area contributed by atoms with Crippen molar-refractivity contribution >= 4 is 28.1 Å². The number of rotatable bonds is 6. The first-order valence-electron chi connectivity index (χ1n) is 10.4. The predicted molar refractivity (Wildman–Crippen MR) is 128 cm³/mol. The third kappa shape index (κ3) is 4.44. The molecule has 0 atom stereocenters. The Balaban J connectivity index is 1.42. The van der Waals surface area contributed by atoms with Crippen molar-refractivity contribution in [3.05, 3.63) is 118 Å². The Bertz CT molecular complexity index is 1480. The molecule has 0 bridgehead atoms. The number of benzene rings is 3. The lowest BCUT2D eigenvalue weighted by atomic mass is 10.1. The zero-order valence-corrected chi connectivity index (χ0v) is 18.4. The number of thiazole rings is 1. The Hall–Kier alpha value is -4.10. The molecule has 7 heteroatoms. The summed E-state index contributed by atoms with van der Waals surface area (Å²) in [7, 11) is 0. The molecule has 0 fully saturated rings. The average molecular weight is 454 g/mol. The Labute approximate surface area is 193 Å². The molecule has 0 saturated heterocycles. The summed E-state index contributed by atoms with van der Waals surface area (Å²) in [5, 5.41) is 8.01. The van der Waals surface area contributed by atoms with Crippen molar-refractivity contribution in [1.29, 1.82) is 0 Å². The fourth-order valence-corrected chi connectivity index (χ4v) is 4.35. The van der Waals surface area contributed by atoms with Gasteiger partial charge in [0, 0.05) is 16.3 Å². The Morgan fingerprint density at radius 3 is 2.30 bits per heavy atom. The molecule has 33 heavy (non-hydrogen) atoms. The van der Waals surface area contributed by atoms with Crippen molar-refractivity contribution in [1.82, 2.24) is 14.8 Å². The van der Waals surface area contributed by atoms with Gasteiger partial charge in [0.25, 0.3) is 5.56 Å². The molecule has 0 saturated carbocycles. The zero-order valence-electron chi connectivity index (χ0n) is 17.5. The van der Waals surface area contributed by atoms with E-state index >= 15 is 0 Å². The quantitative estimate of drug-likeness (QED) is 0.341. The van der Waals surface area contributed by atoms with Crippen LogP contribution in [-0.2, 0) is 17.9 Å². The molecule has 0 aliphatic rings. The molecule has 0 N–H and O–H groups in total. The van der Waals surface area contributed by atoms with Gasteiger partial charge in [-0.1, -0.05) is 78.9 Å². The summed E-state index contributed by atoms with van der Waals surface area (Å²) < 4.78 is 6.85. The summed E-state index contributed by atoms with van der Waals surface area (Å²) in [4.78, 5) is 30.5. The minimum Gasteiger partial charge on any atom is -0.454 e. The van der Waals surface area contributed by atoms with Crippen molar-refractivity contribution in [3.63, 3.8) is 0 Å². The highest BCUT2D eigenvalue weighted by Crippen LogP contribution is 2.24. The number of ether oxygens (including phenoxy) is 1. The van der Waals surface area contributed by atoms with Crippen LogP contribution in [0.15, 0.2) is 95.1 Å². The van der Waals surface area contributed by atoms with Crippen molar-refractivity contribution in [2.75, 3.05) is 0 Å². The largest absolute Gasteiger partial charge is 0.454 e. The molecule has 3 aromatic carbocycles. The maximum absolute atomic E-state index is 13.0. The predicted octanol–water partition coefficient (Wildman–Crippen LogP) is 4.93. The van der Waals surface area contributed by atoms with E-state index in [-0.39, 0.29) is 24.4 Å². The summed E-state index contributed by atoms with van der Waals surface area (Å²) in [6.45, 7) is 0.285. The second kappa shape index (κ2) is 9.18. The molecule has 0 spiro atoms. The number of hydrogen-bond acceptors (Lipinski definition) is 6. The van der Waals surface area contributed by atoms with Gasteiger partial charge in [0.05, 0.1) is 17.6 Å². The number of nitrogens with zero attached hydrogens (tertiary/aromatic N) is 3. The normalized spacial score (nSPS) is 10.9. The summed E-state index contributed by atoms with van der Waals surface area (Å²) >= 11 is 1.49. The molecule has 0 aliphatic carbocycles. The van der Waals surface area contributed by atoms with Crippen LogP contribution in [0.2, 0.25) is 0 Å². The van der Waals surface area contributed by atoms with Gasteiger partial charge in [-0.25, -0.2) is 14.5 Å². The van der Waals surface area contributed by atoms with Crippen molar-refractivity contribution < 1.29 is 9.53 Å². The first-order valence-corrected chi connectivity index (χ1v) is 11.3. The van der Waals surface area contributed by atoms with Crippen LogP contribution in [0.4, 0.5) is 0 Å². The first kappa shape index (κ1) is 20.8. The monoisotopic (exact) mass is 453 g/mol. The molecule has 0 radical (unpaired) electrons. The highest BCUT2D eigenvalue weighted by molar-refractivity contribution is 7.13. The smallest absolute Gasteiger partial charge is 0.359 e. The van der Waals surface area contributed by atoms with Gasteiger partial charge in [0.15, 0.2) is 5.69 Å². The number of carbonyl (C=O) groups is 1. The fourth-order valence-electron chi connectivity index (χ4n) is 3.54. The molecule has 0 unspecified atom stereocenters. The molecule has 0 aliphatic heterocycles. The molecule has 2 aromatic heterocycles. The highest BCUT2D eigenvalue weighted by Gasteiger charge is 2.19. The second-order valence-corrected chi connectivity index (χ2v) is 8.29. The van der Waals surface area contributed by atoms with Gasteiger partial charge in [0.1, 0.15) is 11.6 Å². The van der Waals surface area contributed by atoms with E-state index in [1.165, 1.54) is 16.0 Å². The molecular formula is C26H19N3O3S. The topological polar surface area (TPSA) is 74.1 Å². The first-order chi connectivity index (χ1) is 16.2. The molecular weight excluding hydrogens is 434 g/mol. The maximum Gasteiger partial charge on any atom is 0.359 e. The van der Waals surface area contributed by atoms with Crippen LogP contribution in [0.25, 0.3) is 21.3 Å². The van der Waals surface area contributed by atoms with Crippen LogP contribution in [0.3, 0.4) is 0 Å². The highest BCUT2D eigenvalue weighted by atomic mass is 32.1. The lowest BCUT2D eigenvalue weighted by molar-refractivity contribution is 0.0461. The summed E-state index contributed by atoms with van der Waals surface area (Å²) in [6, 6.07) is 26.3. The van der Waals surface area contributed by atoms with E-state index in [2.05, 4.69) is 10.1 Å². The van der Waals surface area contributed by atoms with E-state index in [9.17, 15) is 9.59 Å². The average Bonchev–Trinajstić information content (AvgIpc) is 3.35. The standard InChI is InChI=1S/C26H19N3O3S/c30-25-22-14-8-7-13-21(22)23(28-29(25)15-18-9-3-1-4-10-18)26(31)32-16-20-17-33-24(27-20)19-11-5-2-6-12-19/h1-14,17H,15-16H2. The summed E-state index contributed by atoms with van der Waals surface area (Å²) in [6.07, 6.45) is 0. The van der Waals surface area contributed by atoms with E-state index in [1.54, 1.807) is 24.3 Å². The number of esters is 1. The van der Waals surface area contributed by atoms with Crippen LogP contribution in [0.5, 0.6) is 0 Å². The Morgan fingerprint density at radius 1 is 0.879 bits per heavy atom. The van der Waals surface area contributed by atoms with E-state index < -0.39 is 5.97 Å². The van der Waals surface area contributed by atoms with Crippen LogP contribution in [-0.4, -0.2) is 20.7 Å². The number of aromatic nitrogens is 3. The minimum atomic E-state index is -0.595. The van der Waals surface area contributed by atoms with Gasteiger partial charge >= 0.3 is 5.97 Å². The second-order valence-electron chi connectivity index (χ2n) is 7.43. The lowest BCUT2D eigenvalue weighted by Crippen LogP contribution is -2.27. The zero-order chi connectivity index (χ0) is 22.6. The van der Waals surface area contributed by atoms with Gasteiger partial charge in [-0.2, -0.15) is 5.10 Å². The van der Waals surface area contributed by atoms with Crippen LogP contribution in [0, 0.1) is 0 Å². The van der Waals surface area contributed by atoms with Crippen LogP contribution in [0.1, 0.15) is 21.7 Å². The van der Waals surface area contributed by atoms with Gasteiger partial charge in [-0.3, -0.25) is 4.79 Å². The number of carbonyl (C=O) groups excluding carboxylic acids is 1. The maximum atomic E-state index is 13.0. The van der Waals surface area contributed by atoms with Gasteiger partial charge < -0.3 is 4.74 Å². The third-order valence-corrected chi connectivity index (χ3v) is 6.10. The summed E-state index contributed by atoms with van der Waals surface area (Å²) in [5.41, 5.74) is 2.45. The molecule has 6 nitrogen and oxygen atoms in total. The molecule has 5 aromatic rings. The van der Waals surface area contributed by atoms with Gasteiger partial charge in [-0.05, 0) is 11.6 Å². The number of fused-ring (bicyclic) bond motifs is 1. The fraction of sp³-hybridized carbons (Fsp3) is 0.0769. The molecule has 2 heterocycles. The SMILES string of the molecule is O=C(OCc1csc(-c2ccccc2)n1)c1nn(Cc2ccccc2)c(=O)c2ccccc12. The van der Waals surface area contributed by atoms with E-state index in [4.69, 9.17) is 4.74 Å². The van der Waals surface area contributed by atoms with Crippen molar-refractivity contribution in [2.24, 2.45) is 0 Å². The Kier molecular flexibility index (Phi) is 5.78. The lowest BCUT2D eigenvalue weighted by Gasteiger charge is -2.11. The van der Waals surface area contributed by atoms with Gasteiger partial charge in [0.2, 0.25) is 0 Å². The van der Waals surface area contributed by atoms with Crippen LogP contribution < -0.4 is 5.56 Å². The van der Waals surface area contributed by atoms with Crippen molar-refractivity contribution in [2.45, 2.75) is 13.2 Å². The molecule has 162 valence electrons. The van der Waals surface area contributed by atoms with Crippen molar-refractivity contribution in [3.8, 4) is 10.6 Å². The van der Waals surface area contributed by atoms with E-state index in [1.807, 2.05) is 66.0 Å². The molecule has 0 amide bonds. The van der Waals surface area contributed by atoms with Gasteiger partial charge in [-0.15, -0.1) is 11.3 Å². The minimum absolute atomic E-state index is 0.0238. The molecule has 5 rings (SSSR count).